The minimum Gasteiger partial charge on any atom is -0.366 e. The molecule has 6 nitrogen and oxygen atoms in total. The largest absolute Gasteiger partial charge is 0.366 e. The Bertz CT molecular complexity index is 711. The van der Waals surface area contributed by atoms with Gasteiger partial charge in [-0.1, -0.05) is 11.8 Å². The van der Waals surface area contributed by atoms with Gasteiger partial charge in [-0.2, -0.15) is 0 Å². The summed E-state index contributed by atoms with van der Waals surface area (Å²) in [6, 6.07) is 8.31. The summed E-state index contributed by atoms with van der Waals surface area (Å²) in [5.41, 5.74) is 7.92. The molecule has 1 heterocycles. The smallest absolute Gasteiger partial charge is 0.248 e. The lowest BCUT2D eigenvalue weighted by Crippen LogP contribution is -2.22. The van der Waals surface area contributed by atoms with Crippen LogP contribution in [0, 0.1) is 13.8 Å². The van der Waals surface area contributed by atoms with E-state index in [1.807, 2.05) is 19.9 Å². The summed E-state index contributed by atoms with van der Waals surface area (Å²) in [6.07, 6.45) is 0. The average molecular weight is 330 g/mol. The second-order valence-corrected chi connectivity index (χ2v) is 6.43. The maximum atomic E-state index is 12.2. The molecule has 7 heteroatoms. The number of thioether (sulfide) groups is 1. The van der Waals surface area contributed by atoms with Crippen LogP contribution in [0.2, 0.25) is 0 Å². The summed E-state index contributed by atoms with van der Waals surface area (Å²) in [7, 11) is 0. The normalized spacial score (nSPS) is 11.8. The standard InChI is InChI=1S/C16H18N4O2S/c1-9-8-10(2)19-16(18-9)23-11(3)15(22)20-13-6-4-12(5-7-13)14(17)21/h4-8,11H,1-3H3,(H2,17,21)(H,20,22). The highest BCUT2D eigenvalue weighted by Crippen LogP contribution is 2.21. The van der Waals surface area contributed by atoms with Crippen molar-refractivity contribution in [2.75, 3.05) is 5.32 Å². The zero-order chi connectivity index (χ0) is 17.0. The third-order valence-corrected chi connectivity index (χ3v) is 4.01. The van der Waals surface area contributed by atoms with E-state index in [0.29, 0.717) is 16.4 Å². The zero-order valence-electron chi connectivity index (χ0n) is 13.2. The second-order valence-electron chi connectivity index (χ2n) is 5.12. The Morgan fingerprint density at radius 3 is 2.22 bits per heavy atom. The molecular weight excluding hydrogens is 312 g/mol. The van der Waals surface area contributed by atoms with Gasteiger partial charge in [0.15, 0.2) is 5.16 Å². The molecule has 1 atom stereocenters. The summed E-state index contributed by atoms with van der Waals surface area (Å²) in [5, 5.41) is 3.01. The van der Waals surface area contributed by atoms with Crippen LogP contribution in [0.3, 0.4) is 0 Å². The van der Waals surface area contributed by atoms with Gasteiger partial charge in [0.25, 0.3) is 0 Å². The number of amides is 2. The lowest BCUT2D eigenvalue weighted by Gasteiger charge is -2.12. The minimum absolute atomic E-state index is 0.162. The topological polar surface area (TPSA) is 98.0 Å². The fraction of sp³-hybridized carbons (Fsp3) is 0.250. The first-order chi connectivity index (χ1) is 10.8. The van der Waals surface area contributed by atoms with Gasteiger partial charge in [0.05, 0.1) is 5.25 Å². The van der Waals surface area contributed by atoms with Crippen LogP contribution >= 0.6 is 11.8 Å². The Morgan fingerprint density at radius 2 is 1.70 bits per heavy atom. The van der Waals surface area contributed by atoms with Crippen LogP contribution in [-0.2, 0) is 4.79 Å². The van der Waals surface area contributed by atoms with Crippen molar-refractivity contribution in [1.29, 1.82) is 0 Å². The Hall–Kier alpha value is -2.41. The van der Waals surface area contributed by atoms with Gasteiger partial charge in [-0.15, -0.1) is 0 Å². The van der Waals surface area contributed by atoms with E-state index < -0.39 is 5.91 Å². The predicted octanol–water partition coefficient (Wildman–Crippen LogP) is 2.31. The highest BCUT2D eigenvalue weighted by molar-refractivity contribution is 8.00. The monoisotopic (exact) mass is 330 g/mol. The number of aromatic nitrogens is 2. The van der Waals surface area contributed by atoms with Crippen LogP contribution in [0.15, 0.2) is 35.5 Å². The van der Waals surface area contributed by atoms with Gasteiger partial charge in [-0.05, 0) is 51.1 Å². The van der Waals surface area contributed by atoms with E-state index in [9.17, 15) is 9.59 Å². The molecule has 2 rings (SSSR count). The molecule has 0 saturated carbocycles. The number of carbonyl (C=O) groups excluding carboxylic acids is 2. The molecule has 1 aromatic carbocycles. The fourth-order valence-corrected chi connectivity index (χ4v) is 2.80. The van der Waals surface area contributed by atoms with Gasteiger partial charge in [-0.25, -0.2) is 9.97 Å². The molecule has 120 valence electrons. The third-order valence-electron chi connectivity index (χ3n) is 3.05. The number of aryl methyl sites for hydroxylation is 2. The Kier molecular flexibility index (Phi) is 5.33. The fourth-order valence-electron chi connectivity index (χ4n) is 1.92. The van der Waals surface area contributed by atoms with Crippen LogP contribution in [0.1, 0.15) is 28.7 Å². The van der Waals surface area contributed by atoms with Crippen LogP contribution in [-0.4, -0.2) is 27.0 Å². The van der Waals surface area contributed by atoms with E-state index >= 15 is 0 Å². The number of hydrogen-bond donors (Lipinski definition) is 2. The van der Waals surface area contributed by atoms with Gasteiger partial charge in [0, 0.05) is 22.6 Å². The zero-order valence-corrected chi connectivity index (χ0v) is 14.0. The molecule has 0 radical (unpaired) electrons. The molecule has 3 N–H and O–H groups in total. The third kappa shape index (κ3) is 4.79. The van der Waals surface area contributed by atoms with Gasteiger partial charge in [-0.3, -0.25) is 9.59 Å². The molecule has 2 aromatic rings. The number of hydrogen-bond acceptors (Lipinski definition) is 5. The van der Waals surface area contributed by atoms with Crippen LogP contribution in [0.25, 0.3) is 0 Å². The van der Waals surface area contributed by atoms with Crippen molar-refractivity contribution in [3.8, 4) is 0 Å². The summed E-state index contributed by atoms with van der Waals surface area (Å²) in [4.78, 5) is 31.9. The summed E-state index contributed by atoms with van der Waals surface area (Å²) in [6.45, 7) is 5.58. The SMILES string of the molecule is Cc1cc(C)nc(SC(C)C(=O)Nc2ccc(C(N)=O)cc2)n1. The van der Waals surface area contributed by atoms with Gasteiger partial charge in [0.1, 0.15) is 0 Å². The molecule has 0 aliphatic heterocycles. The number of rotatable bonds is 5. The summed E-state index contributed by atoms with van der Waals surface area (Å²) >= 11 is 1.30. The lowest BCUT2D eigenvalue weighted by molar-refractivity contribution is -0.115. The molecule has 0 saturated heterocycles. The van der Waals surface area contributed by atoms with E-state index in [1.54, 1.807) is 31.2 Å². The highest BCUT2D eigenvalue weighted by atomic mass is 32.2. The average Bonchev–Trinajstić information content (AvgIpc) is 2.46. The number of nitrogens with zero attached hydrogens (tertiary/aromatic N) is 2. The number of nitrogens with two attached hydrogens (primary N) is 1. The van der Waals surface area contributed by atoms with Crippen LogP contribution in [0.4, 0.5) is 5.69 Å². The first-order valence-corrected chi connectivity index (χ1v) is 7.93. The van der Waals surface area contributed by atoms with Crippen molar-refractivity contribution >= 4 is 29.3 Å². The van der Waals surface area contributed by atoms with E-state index in [4.69, 9.17) is 5.73 Å². The molecule has 0 bridgehead atoms. The molecule has 0 spiro atoms. The Labute approximate surface area is 138 Å². The molecule has 1 unspecified atom stereocenters. The molecular formula is C16H18N4O2S. The highest BCUT2D eigenvalue weighted by Gasteiger charge is 2.16. The predicted molar refractivity (Wildman–Crippen MR) is 90.4 cm³/mol. The number of benzene rings is 1. The first-order valence-electron chi connectivity index (χ1n) is 7.05. The van der Waals surface area contributed by atoms with Crippen molar-refractivity contribution in [3.05, 3.63) is 47.3 Å². The number of nitrogens with one attached hydrogen (secondary N) is 1. The van der Waals surface area contributed by atoms with E-state index in [0.717, 1.165) is 11.4 Å². The van der Waals surface area contributed by atoms with Crippen molar-refractivity contribution in [1.82, 2.24) is 9.97 Å². The second kappa shape index (κ2) is 7.23. The molecule has 1 aromatic heterocycles. The van der Waals surface area contributed by atoms with E-state index in [1.165, 1.54) is 11.8 Å². The lowest BCUT2D eigenvalue weighted by atomic mass is 10.2. The molecule has 0 aliphatic carbocycles. The van der Waals surface area contributed by atoms with Gasteiger partial charge < -0.3 is 11.1 Å². The maximum Gasteiger partial charge on any atom is 0.248 e. The molecule has 0 aliphatic rings. The van der Waals surface area contributed by atoms with Gasteiger partial charge in [0.2, 0.25) is 11.8 Å². The van der Waals surface area contributed by atoms with Crippen LogP contribution in [0.5, 0.6) is 0 Å². The van der Waals surface area contributed by atoms with E-state index in [2.05, 4.69) is 15.3 Å². The van der Waals surface area contributed by atoms with Crippen LogP contribution < -0.4 is 11.1 Å². The Morgan fingerprint density at radius 1 is 1.13 bits per heavy atom. The molecule has 2 amide bonds. The molecule has 23 heavy (non-hydrogen) atoms. The molecule has 0 fully saturated rings. The minimum atomic E-state index is -0.501. The number of primary amides is 1. The Balaban J connectivity index is 2.00. The van der Waals surface area contributed by atoms with Crippen molar-refractivity contribution in [3.63, 3.8) is 0 Å². The number of carbonyl (C=O) groups is 2. The first kappa shape index (κ1) is 17.0. The van der Waals surface area contributed by atoms with Crippen molar-refractivity contribution in [2.45, 2.75) is 31.2 Å². The van der Waals surface area contributed by atoms with Crippen molar-refractivity contribution in [2.24, 2.45) is 5.73 Å². The van der Waals surface area contributed by atoms with Crippen molar-refractivity contribution < 1.29 is 9.59 Å². The summed E-state index contributed by atoms with van der Waals surface area (Å²) < 4.78 is 0. The number of anilines is 1. The van der Waals surface area contributed by atoms with E-state index in [-0.39, 0.29) is 11.2 Å². The maximum absolute atomic E-state index is 12.2. The summed E-state index contributed by atoms with van der Waals surface area (Å²) in [5.74, 6) is -0.664. The van der Waals surface area contributed by atoms with Gasteiger partial charge >= 0.3 is 0 Å². The quantitative estimate of drug-likeness (QED) is 0.647.